The Bertz CT molecular complexity index is 580. The van der Waals surface area contributed by atoms with E-state index in [1.165, 1.54) is 0 Å². The van der Waals surface area contributed by atoms with Crippen molar-refractivity contribution in [3.8, 4) is 0 Å². The zero-order valence-electron chi connectivity index (χ0n) is 10.4. The zero-order valence-corrected chi connectivity index (χ0v) is 11.1. The van der Waals surface area contributed by atoms with Crippen molar-refractivity contribution < 1.29 is 4.79 Å². The van der Waals surface area contributed by atoms with Crippen molar-refractivity contribution in [2.45, 2.75) is 6.92 Å². The van der Waals surface area contributed by atoms with E-state index in [1.807, 2.05) is 55.3 Å². The molecule has 2 aromatic carbocycles. The number of carbonyl (C=O) groups is 1. The normalized spacial score (nSPS) is 10.2. The largest absolute Gasteiger partial charge is 0.344 e. The van der Waals surface area contributed by atoms with E-state index in [2.05, 4.69) is 0 Å². The van der Waals surface area contributed by atoms with E-state index in [9.17, 15) is 4.79 Å². The van der Waals surface area contributed by atoms with Crippen LogP contribution in [0.3, 0.4) is 0 Å². The molecule has 0 aliphatic rings. The summed E-state index contributed by atoms with van der Waals surface area (Å²) in [7, 11) is 1.93. The van der Waals surface area contributed by atoms with Gasteiger partial charge in [0.25, 0.3) is 0 Å². The van der Waals surface area contributed by atoms with Crippen molar-refractivity contribution in [3.05, 3.63) is 58.6 Å². The highest BCUT2D eigenvalue weighted by molar-refractivity contribution is 6.33. The molecular weight excluding hydrogens is 246 g/mol. The van der Waals surface area contributed by atoms with Crippen LogP contribution in [0.5, 0.6) is 0 Å². The number of nitrogens with zero attached hydrogens (tertiary/aromatic N) is 1. The van der Waals surface area contributed by atoms with E-state index in [4.69, 9.17) is 11.6 Å². The molecule has 0 N–H and O–H groups in total. The highest BCUT2D eigenvalue weighted by Gasteiger charge is 2.12. The number of rotatable bonds is 3. The molecule has 0 bridgehead atoms. The molecule has 0 saturated heterocycles. The fraction of sp³-hybridized carbons (Fsp3) is 0.133. The van der Waals surface area contributed by atoms with Crippen LogP contribution in [-0.2, 0) is 0 Å². The number of anilines is 2. The Kier molecular flexibility index (Phi) is 3.68. The zero-order chi connectivity index (χ0) is 13.1. The molecule has 0 fully saturated rings. The quantitative estimate of drug-likeness (QED) is 0.769. The lowest BCUT2D eigenvalue weighted by Gasteiger charge is -2.23. The number of aldehydes is 1. The molecule has 18 heavy (non-hydrogen) atoms. The average molecular weight is 260 g/mol. The van der Waals surface area contributed by atoms with Gasteiger partial charge in [0.1, 0.15) is 0 Å². The first-order valence-electron chi connectivity index (χ1n) is 5.68. The summed E-state index contributed by atoms with van der Waals surface area (Å²) in [5.41, 5.74) is 3.54. The van der Waals surface area contributed by atoms with E-state index < -0.39 is 0 Å². The van der Waals surface area contributed by atoms with Crippen LogP contribution in [0.4, 0.5) is 11.4 Å². The minimum absolute atomic E-state index is 0.475. The lowest BCUT2D eigenvalue weighted by Crippen LogP contribution is -2.13. The van der Waals surface area contributed by atoms with Gasteiger partial charge < -0.3 is 4.90 Å². The third-order valence-corrected chi connectivity index (χ3v) is 3.32. The van der Waals surface area contributed by atoms with Gasteiger partial charge in [0.15, 0.2) is 6.29 Å². The topological polar surface area (TPSA) is 20.3 Å². The van der Waals surface area contributed by atoms with Gasteiger partial charge >= 0.3 is 0 Å². The van der Waals surface area contributed by atoms with E-state index >= 15 is 0 Å². The standard InChI is InChI=1S/C15H14ClNO/c1-11-6-3-4-8-14(11)17(2)15-9-5-7-13(16)12(15)10-18/h3-10H,1-2H3. The number of para-hydroxylation sites is 1. The Labute approximate surface area is 112 Å². The molecule has 0 spiro atoms. The van der Waals surface area contributed by atoms with Gasteiger partial charge in [0, 0.05) is 12.7 Å². The molecule has 0 aliphatic heterocycles. The highest BCUT2D eigenvalue weighted by atomic mass is 35.5. The van der Waals surface area contributed by atoms with Crippen LogP contribution in [-0.4, -0.2) is 13.3 Å². The van der Waals surface area contributed by atoms with Crippen molar-refractivity contribution in [2.75, 3.05) is 11.9 Å². The maximum Gasteiger partial charge on any atom is 0.153 e. The first-order valence-corrected chi connectivity index (χ1v) is 6.06. The van der Waals surface area contributed by atoms with Gasteiger partial charge in [-0.05, 0) is 30.7 Å². The molecule has 0 radical (unpaired) electrons. The summed E-state index contributed by atoms with van der Waals surface area (Å²) in [5, 5.41) is 0.475. The third kappa shape index (κ3) is 2.24. The second-order valence-electron chi connectivity index (χ2n) is 4.14. The Balaban J connectivity index is 2.53. The van der Waals surface area contributed by atoms with E-state index in [0.717, 1.165) is 23.2 Å². The SMILES string of the molecule is Cc1ccccc1N(C)c1cccc(Cl)c1C=O. The van der Waals surface area contributed by atoms with Gasteiger partial charge in [0.2, 0.25) is 0 Å². The van der Waals surface area contributed by atoms with Crippen LogP contribution in [0.25, 0.3) is 0 Å². The summed E-state index contributed by atoms with van der Waals surface area (Å²) in [4.78, 5) is 13.1. The molecule has 0 saturated carbocycles. The summed E-state index contributed by atoms with van der Waals surface area (Å²) >= 11 is 6.04. The lowest BCUT2D eigenvalue weighted by atomic mass is 10.1. The van der Waals surface area contributed by atoms with E-state index in [1.54, 1.807) is 6.07 Å². The van der Waals surface area contributed by atoms with E-state index in [-0.39, 0.29) is 0 Å². The summed E-state index contributed by atoms with van der Waals surface area (Å²) in [5.74, 6) is 0. The van der Waals surface area contributed by atoms with Crippen LogP contribution in [0.2, 0.25) is 5.02 Å². The minimum Gasteiger partial charge on any atom is -0.344 e. The van der Waals surface area contributed by atoms with Crippen LogP contribution < -0.4 is 4.90 Å². The van der Waals surface area contributed by atoms with Crippen molar-refractivity contribution in [1.29, 1.82) is 0 Å². The molecule has 0 atom stereocenters. The van der Waals surface area contributed by atoms with Gasteiger partial charge in [-0.15, -0.1) is 0 Å². The molecule has 0 heterocycles. The molecule has 0 aromatic heterocycles. The average Bonchev–Trinajstić information content (AvgIpc) is 2.38. The van der Waals surface area contributed by atoms with Crippen molar-refractivity contribution in [2.24, 2.45) is 0 Å². The summed E-state index contributed by atoms with van der Waals surface area (Å²) in [6, 6.07) is 13.5. The van der Waals surface area contributed by atoms with E-state index in [0.29, 0.717) is 10.6 Å². The molecule has 0 amide bonds. The molecular formula is C15H14ClNO. The first-order chi connectivity index (χ1) is 8.65. The number of carbonyl (C=O) groups excluding carboxylic acids is 1. The van der Waals surface area contributed by atoms with Gasteiger partial charge in [-0.1, -0.05) is 35.9 Å². The third-order valence-electron chi connectivity index (χ3n) is 2.99. The Hall–Kier alpha value is -1.80. The van der Waals surface area contributed by atoms with Crippen LogP contribution in [0, 0.1) is 6.92 Å². The van der Waals surface area contributed by atoms with Crippen molar-refractivity contribution >= 4 is 29.3 Å². The summed E-state index contributed by atoms with van der Waals surface area (Å²) < 4.78 is 0. The molecule has 3 heteroatoms. The van der Waals surface area contributed by atoms with Crippen molar-refractivity contribution in [1.82, 2.24) is 0 Å². The smallest absolute Gasteiger partial charge is 0.153 e. The maximum atomic E-state index is 11.2. The monoisotopic (exact) mass is 259 g/mol. The second kappa shape index (κ2) is 5.23. The number of hydrogen-bond acceptors (Lipinski definition) is 2. The molecule has 0 unspecified atom stereocenters. The number of aryl methyl sites for hydroxylation is 1. The van der Waals surface area contributed by atoms with Crippen molar-refractivity contribution in [3.63, 3.8) is 0 Å². The van der Waals surface area contributed by atoms with Crippen LogP contribution >= 0.6 is 11.6 Å². The summed E-state index contributed by atoms with van der Waals surface area (Å²) in [6.07, 6.45) is 0.798. The molecule has 2 nitrogen and oxygen atoms in total. The van der Waals surface area contributed by atoms with Gasteiger partial charge in [-0.3, -0.25) is 4.79 Å². The number of hydrogen-bond donors (Lipinski definition) is 0. The minimum atomic E-state index is 0.475. The predicted molar refractivity (Wildman–Crippen MR) is 76.1 cm³/mol. The second-order valence-corrected chi connectivity index (χ2v) is 4.54. The van der Waals surface area contributed by atoms with Crippen LogP contribution in [0.15, 0.2) is 42.5 Å². The number of halogens is 1. The predicted octanol–water partition coefficient (Wildman–Crippen LogP) is 4.23. The first kappa shape index (κ1) is 12.7. The van der Waals surface area contributed by atoms with Gasteiger partial charge in [0.05, 0.1) is 16.3 Å². The fourth-order valence-corrected chi connectivity index (χ4v) is 2.22. The lowest BCUT2D eigenvalue weighted by molar-refractivity contribution is 0.112. The summed E-state index contributed by atoms with van der Waals surface area (Å²) in [6.45, 7) is 2.04. The number of benzene rings is 2. The molecule has 92 valence electrons. The molecule has 2 rings (SSSR count). The molecule has 2 aromatic rings. The maximum absolute atomic E-state index is 11.2. The van der Waals surface area contributed by atoms with Crippen LogP contribution in [0.1, 0.15) is 15.9 Å². The Morgan fingerprint density at radius 1 is 1.06 bits per heavy atom. The fourth-order valence-electron chi connectivity index (χ4n) is 2.00. The Morgan fingerprint density at radius 2 is 1.72 bits per heavy atom. The van der Waals surface area contributed by atoms with Gasteiger partial charge in [-0.2, -0.15) is 0 Å². The highest BCUT2D eigenvalue weighted by Crippen LogP contribution is 2.31. The Morgan fingerprint density at radius 3 is 2.39 bits per heavy atom. The van der Waals surface area contributed by atoms with Gasteiger partial charge in [-0.25, -0.2) is 0 Å². The molecule has 0 aliphatic carbocycles.